The molecule has 0 aliphatic carbocycles. The zero-order valence-electron chi connectivity index (χ0n) is 11.1. The Labute approximate surface area is 114 Å². The molecule has 3 N–H and O–H groups in total. The number of nitrogens with one attached hydrogen (secondary N) is 1. The van der Waals surface area contributed by atoms with Crippen molar-refractivity contribution in [2.45, 2.75) is 19.1 Å². The fourth-order valence-electron chi connectivity index (χ4n) is 2.16. The molecule has 7 heteroatoms. The molecule has 1 atom stereocenters. The van der Waals surface area contributed by atoms with Crippen molar-refractivity contribution >= 4 is 0 Å². The van der Waals surface area contributed by atoms with E-state index < -0.39 is 17.8 Å². The third kappa shape index (κ3) is 2.83. The zero-order valence-corrected chi connectivity index (χ0v) is 11.1. The molecule has 2 aromatic rings. The van der Waals surface area contributed by atoms with Crippen molar-refractivity contribution in [1.29, 1.82) is 0 Å². The molecule has 0 radical (unpaired) electrons. The van der Waals surface area contributed by atoms with Gasteiger partial charge in [0.05, 0.1) is 17.3 Å². The number of hydrogen-bond acceptors (Lipinski definition) is 3. The van der Waals surface area contributed by atoms with Crippen LogP contribution in [0.4, 0.5) is 13.2 Å². The lowest BCUT2D eigenvalue weighted by Crippen LogP contribution is -2.29. The van der Waals surface area contributed by atoms with Crippen LogP contribution in [0.2, 0.25) is 0 Å². The van der Waals surface area contributed by atoms with Gasteiger partial charge in [-0.15, -0.1) is 0 Å². The number of aryl methyl sites for hydroxylation is 2. The van der Waals surface area contributed by atoms with Gasteiger partial charge in [-0.1, -0.05) is 12.1 Å². The van der Waals surface area contributed by atoms with Gasteiger partial charge in [0.2, 0.25) is 0 Å². The van der Waals surface area contributed by atoms with Crippen molar-refractivity contribution in [1.82, 2.24) is 15.2 Å². The van der Waals surface area contributed by atoms with Crippen LogP contribution >= 0.6 is 0 Å². The van der Waals surface area contributed by atoms with Crippen LogP contribution in [0, 0.1) is 6.92 Å². The molecule has 4 nitrogen and oxygen atoms in total. The molecule has 1 heterocycles. The molecule has 0 saturated carbocycles. The number of hydrazine groups is 1. The molecule has 1 aromatic carbocycles. The molecule has 1 aromatic heterocycles. The van der Waals surface area contributed by atoms with Crippen LogP contribution in [-0.2, 0) is 13.2 Å². The van der Waals surface area contributed by atoms with Crippen LogP contribution in [0.5, 0.6) is 0 Å². The minimum atomic E-state index is -4.38. The van der Waals surface area contributed by atoms with E-state index in [2.05, 4.69) is 10.5 Å². The number of nitrogens with zero attached hydrogens (tertiary/aromatic N) is 2. The first-order chi connectivity index (χ1) is 9.32. The summed E-state index contributed by atoms with van der Waals surface area (Å²) in [5.41, 5.74) is 3.75. The van der Waals surface area contributed by atoms with Crippen LogP contribution in [0.15, 0.2) is 30.5 Å². The van der Waals surface area contributed by atoms with Crippen LogP contribution in [0.25, 0.3) is 0 Å². The number of benzene rings is 1. The molecular weight excluding hydrogens is 269 g/mol. The zero-order chi connectivity index (χ0) is 14.9. The monoisotopic (exact) mass is 284 g/mol. The topological polar surface area (TPSA) is 55.9 Å². The number of alkyl halides is 3. The maximum absolute atomic E-state index is 12.8. The Balaban J connectivity index is 2.45. The van der Waals surface area contributed by atoms with Crippen molar-refractivity contribution in [3.63, 3.8) is 0 Å². The van der Waals surface area contributed by atoms with Crippen molar-refractivity contribution in [3.8, 4) is 0 Å². The number of rotatable bonds is 3. The molecule has 1 unspecified atom stereocenters. The predicted molar refractivity (Wildman–Crippen MR) is 68.6 cm³/mol. The van der Waals surface area contributed by atoms with Crippen LogP contribution < -0.4 is 11.3 Å². The van der Waals surface area contributed by atoms with Gasteiger partial charge in [-0.05, 0) is 24.6 Å². The Morgan fingerprint density at radius 1 is 1.35 bits per heavy atom. The van der Waals surface area contributed by atoms with E-state index in [1.165, 1.54) is 6.07 Å². The van der Waals surface area contributed by atoms with Crippen LogP contribution in [0.1, 0.15) is 28.4 Å². The van der Waals surface area contributed by atoms with E-state index in [4.69, 9.17) is 5.84 Å². The average molecular weight is 284 g/mol. The van der Waals surface area contributed by atoms with E-state index in [0.717, 1.165) is 17.7 Å². The van der Waals surface area contributed by atoms with E-state index in [0.29, 0.717) is 11.3 Å². The molecule has 0 aliphatic rings. The van der Waals surface area contributed by atoms with Gasteiger partial charge in [-0.2, -0.15) is 18.3 Å². The van der Waals surface area contributed by atoms with Crippen molar-refractivity contribution in [2.24, 2.45) is 12.9 Å². The summed E-state index contributed by atoms with van der Waals surface area (Å²) in [6.45, 7) is 1.79. The van der Waals surface area contributed by atoms with Gasteiger partial charge in [-0.25, -0.2) is 5.43 Å². The summed E-state index contributed by atoms with van der Waals surface area (Å²) >= 11 is 0. The number of nitrogens with two attached hydrogens (primary N) is 1. The second-order valence-electron chi connectivity index (χ2n) is 4.57. The highest BCUT2D eigenvalue weighted by molar-refractivity contribution is 5.35. The van der Waals surface area contributed by atoms with Gasteiger partial charge in [0, 0.05) is 18.8 Å². The third-order valence-electron chi connectivity index (χ3n) is 3.08. The van der Waals surface area contributed by atoms with Crippen LogP contribution in [0.3, 0.4) is 0 Å². The molecule has 108 valence electrons. The highest BCUT2D eigenvalue weighted by atomic mass is 19.4. The Morgan fingerprint density at radius 3 is 2.55 bits per heavy atom. The molecule has 2 rings (SSSR count). The second-order valence-corrected chi connectivity index (χ2v) is 4.57. The van der Waals surface area contributed by atoms with Gasteiger partial charge in [-0.3, -0.25) is 10.5 Å². The third-order valence-corrected chi connectivity index (χ3v) is 3.08. The smallest absolute Gasteiger partial charge is 0.275 e. The first-order valence-electron chi connectivity index (χ1n) is 5.96. The van der Waals surface area contributed by atoms with E-state index in [9.17, 15) is 13.2 Å². The lowest BCUT2D eigenvalue weighted by Gasteiger charge is -2.17. The molecule has 20 heavy (non-hydrogen) atoms. The van der Waals surface area contributed by atoms with Crippen molar-refractivity contribution in [2.75, 3.05) is 0 Å². The molecule has 0 saturated heterocycles. The Morgan fingerprint density at radius 2 is 2.05 bits per heavy atom. The first kappa shape index (κ1) is 14.5. The fraction of sp³-hybridized carbons (Fsp3) is 0.308. The van der Waals surface area contributed by atoms with E-state index >= 15 is 0 Å². The summed E-state index contributed by atoms with van der Waals surface area (Å²) in [5.74, 6) is 5.51. The molecular formula is C13H15F3N4. The fourth-order valence-corrected chi connectivity index (χ4v) is 2.16. The molecule has 0 amide bonds. The number of halogens is 3. The van der Waals surface area contributed by atoms with Crippen molar-refractivity contribution < 1.29 is 13.2 Å². The van der Waals surface area contributed by atoms with Crippen molar-refractivity contribution in [3.05, 3.63) is 52.8 Å². The van der Waals surface area contributed by atoms with E-state index in [1.807, 2.05) is 0 Å². The van der Waals surface area contributed by atoms with Crippen LogP contribution in [-0.4, -0.2) is 9.78 Å². The van der Waals surface area contributed by atoms with Gasteiger partial charge in [0.25, 0.3) is 0 Å². The summed E-state index contributed by atoms with van der Waals surface area (Å²) in [5, 5.41) is 4.18. The van der Waals surface area contributed by atoms with E-state index in [1.54, 1.807) is 30.9 Å². The summed E-state index contributed by atoms with van der Waals surface area (Å²) in [7, 11) is 1.75. The highest BCUT2D eigenvalue weighted by Gasteiger charge is 2.31. The minimum absolute atomic E-state index is 0.443. The summed E-state index contributed by atoms with van der Waals surface area (Å²) in [6.07, 6.45) is -2.64. The standard InChI is InChI=1S/C13H15F3N4/c1-8-11(7-20(2)19-8)12(18-17)9-4-3-5-10(6-9)13(14,15)16/h3-7,12,18H,17H2,1-2H3. The summed E-state index contributed by atoms with van der Waals surface area (Å²) in [6, 6.07) is 4.57. The maximum Gasteiger partial charge on any atom is 0.416 e. The van der Waals surface area contributed by atoms with Gasteiger partial charge in [0.1, 0.15) is 0 Å². The molecule has 0 spiro atoms. The summed E-state index contributed by atoms with van der Waals surface area (Å²) in [4.78, 5) is 0. The Bertz CT molecular complexity index is 604. The molecule has 0 aliphatic heterocycles. The van der Waals surface area contributed by atoms with Gasteiger partial charge >= 0.3 is 6.18 Å². The SMILES string of the molecule is Cc1nn(C)cc1C(NN)c1cccc(C(F)(F)F)c1. The minimum Gasteiger partial charge on any atom is -0.275 e. The van der Waals surface area contributed by atoms with Gasteiger partial charge in [0.15, 0.2) is 0 Å². The Kier molecular flexibility index (Phi) is 3.82. The summed E-state index contributed by atoms with van der Waals surface area (Å²) < 4.78 is 39.9. The highest BCUT2D eigenvalue weighted by Crippen LogP contribution is 2.32. The second kappa shape index (κ2) is 5.26. The quantitative estimate of drug-likeness (QED) is 0.671. The maximum atomic E-state index is 12.8. The predicted octanol–water partition coefficient (Wildman–Crippen LogP) is 2.30. The van der Waals surface area contributed by atoms with E-state index in [-0.39, 0.29) is 0 Å². The lowest BCUT2D eigenvalue weighted by atomic mass is 9.98. The molecule has 0 fully saturated rings. The average Bonchev–Trinajstić information content (AvgIpc) is 2.69. The van der Waals surface area contributed by atoms with Gasteiger partial charge < -0.3 is 0 Å². The largest absolute Gasteiger partial charge is 0.416 e. The molecule has 0 bridgehead atoms. The number of hydrogen-bond donors (Lipinski definition) is 2. The Hall–Kier alpha value is -1.86. The first-order valence-corrected chi connectivity index (χ1v) is 5.96. The number of aromatic nitrogens is 2. The normalized spacial score (nSPS) is 13.5. The lowest BCUT2D eigenvalue weighted by molar-refractivity contribution is -0.137.